The van der Waals surface area contributed by atoms with E-state index >= 15 is 0 Å². The molecule has 4 atom stereocenters. The third kappa shape index (κ3) is 5.46. The summed E-state index contributed by atoms with van der Waals surface area (Å²) in [5.74, 6) is 0.332. The van der Waals surface area contributed by atoms with Crippen molar-refractivity contribution in [1.82, 2.24) is 19.5 Å². The number of imidazole rings is 1. The number of aromatic nitrogens is 4. The number of benzene rings is 1. The first-order valence-electron chi connectivity index (χ1n) is 9.65. The van der Waals surface area contributed by atoms with Crippen molar-refractivity contribution in [2.45, 2.75) is 31.1 Å². The lowest BCUT2D eigenvalue weighted by atomic mass is 10.1. The van der Waals surface area contributed by atoms with Crippen molar-refractivity contribution >= 4 is 47.8 Å². The molecule has 0 spiro atoms. The van der Waals surface area contributed by atoms with Crippen LogP contribution in [0.2, 0.25) is 10.3 Å². The highest BCUT2D eigenvalue weighted by molar-refractivity contribution is 7.51. The van der Waals surface area contributed by atoms with E-state index in [0.717, 1.165) is 5.56 Å². The molecule has 0 unspecified atom stereocenters. The summed E-state index contributed by atoms with van der Waals surface area (Å²) < 4.78 is 22.9. The average molecular weight is 520 g/mol. The summed E-state index contributed by atoms with van der Waals surface area (Å²) in [6.07, 6.45) is -4.38. The molecule has 178 valence electrons. The largest absolute Gasteiger partial charge is 0.387 e. The van der Waals surface area contributed by atoms with Gasteiger partial charge in [-0.15, -0.1) is 0 Å². The number of aliphatic hydroxyl groups is 2. The van der Waals surface area contributed by atoms with Crippen LogP contribution >= 0.6 is 30.8 Å². The summed E-state index contributed by atoms with van der Waals surface area (Å²) in [5, 5.41) is 24.4. The minimum atomic E-state index is -4.38. The Labute approximate surface area is 197 Å². The van der Waals surface area contributed by atoms with Crippen molar-refractivity contribution < 1.29 is 34.0 Å². The zero-order chi connectivity index (χ0) is 23.8. The SMILES string of the molecule is O=P(O)(O)COC[C@H]1O[C@@H](n2cnc3c(NCc4ccccc4Cl)nc(Cl)nc32)[C@H](O)[C@@H]1O. The molecule has 0 bridgehead atoms. The molecule has 0 aliphatic carbocycles. The maximum Gasteiger partial charge on any atom is 0.350 e. The van der Waals surface area contributed by atoms with E-state index in [-0.39, 0.29) is 17.5 Å². The number of anilines is 1. The van der Waals surface area contributed by atoms with Gasteiger partial charge >= 0.3 is 7.60 Å². The van der Waals surface area contributed by atoms with E-state index in [0.29, 0.717) is 22.9 Å². The number of ether oxygens (including phenoxy) is 2. The molecule has 3 heterocycles. The minimum absolute atomic E-state index is 0.0829. The van der Waals surface area contributed by atoms with E-state index < -0.39 is 38.5 Å². The van der Waals surface area contributed by atoms with Gasteiger partial charge in [-0.3, -0.25) is 9.13 Å². The van der Waals surface area contributed by atoms with Crippen LogP contribution in [0.15, 0.2) is 30.6 Å². The summed E-state index contributed by atoms with van der Waals surface area (Å²) in [6.45, 7) is 0.00206. The molecule has 3 aromatic rings. The molecule has 0 radical (unpaired) electrons. The predicted octanol–water partition coefficient (Wildman–Crippen LogP) is 1.52. The first-order valence-corrected chi connectivity index (χ1v) is 12.2. The quantitative estimate of drug-likeness (QED) is 0.215. The van der Waals surface area contributed by atoms with Crippen LogP contribution in [0.4, 0.5) is 5.82 Å². The normalized spacial score (nSPS) is 23.3. The Kier molecular flexibility index (Phi) is 7.20. The summed E-state index contributed by atoms with van der Waals surface area (Å²) in [6, 6.07) is 7.29. The first-order chi connectivity index (χ1) is 15.6. The fourth-order valence-corrected chi connectivity index (χ4v) is 4.11. The lowest BCUT2D eigenvalue weighted by Gasteiger charge is -2.17. The van der Waals surface area contributed by atoms with Gasteiger partial charge in [-0.05, 0) is 23.2 Å². The smallest absolute Gasteiger partial charge is 0.350 e. The molecule has 0 saturated carbocycles. The van der Waals surface area contributed by atoms with E-state index in [1.165, 1.54) is 10.9 Å². The molecule has 1 aliphatic rings. The Morgan fingerprint density at radius 3 is 2.67 bits per heavy atom. The van der Waals surface area contributed by atoms with Crippen LogP contribution in [0.5, 0.6) is 0 Å². The second-order valence-corrected chi connectivity index (χ2v) is 9.65. The molecule has 1 fully saturated rings. The summed E-state index contributed by atoms with van der Waals surface area (Å²) in [4.78, 5) is 30.4. The molecule has 1 aliphatic heterocycles. The van der Waals surface area contributed by atoms with Crippen LogP contribution in [0.25, 0.3) is 11.2 Å². The lowest BCUT2D eigenvalue weighted by Crippen LogP contribution is -2.33. The van der Waals surface area contributed by atoms with Crippen molar-refractivity contribution in [1.29, 1.82) is 0 Å². The first kappa shape index (κ1) is 24.3. The fraction of sp³-hybridized carbons (Fsp3) is 0.389. The van der Waals surface area contributed by atoms with Gasteiger partial charge in [0, 0.05) is 11.6 Å². The van der Waals surface area contributed by atoms with Gasteiger partial charge < -0.3 is 34.8 Å². The summed E-state index contributed by atoms with van der Waals surface area (Å²) in [5.41, 5.74) is 1.42. The van der Waals surface area contributed by atoms with Crippen molar-refractivity contribution in [3.63, 3.8) is 0 Å². The van der Waals surface area contributed by atoms with Gasteiger partial charge in [-0.1, -0.05) is 29.8 Å². The maximum atomic E-state index is 10.9. The van der Waals surface area contributed by atoms with Gasteiger partial charge in [0.15, 0.2) is 23.2 Å². The highest BCUT2D eigenvalue weighted by Gasteiger charge is 2.44. The minimum Gasteiger partial charge on any atom is -0.387 e. The predicted molar refractivity (Wildman–Crippen MR) is 118 cm³/mol. The van der Waals surface area contributed by atoms with Gasteiger partial charge in [-0.25, -0.2) is 4.98 Å². The molecule has 0 amide bonds. The third-order valence-electron chi connectivity index (χ3n) is 4.95. The number of rotatable bonds is 8. The molecule has 1 aromatic carbocycles. The molecule has 5 N–H and O–H groups in total. The van der Waals surface area contributed by atoms with Crippen molar-refractivity contribution in [3.8, 4) is 0 Å². The summed E-state index contributed by atoms with van der Waals surface area (Å²) in [7, 11) is -4.38. The molecular formula is C18H20Cl2N5O7P. The van der Waals surface area contributed by atoms with E-state index in [1.807, 2.05) is 18.2 Å². The summed E-state index contributed by atoms with van der Waals surface area (Å²) >= 11 is 12.3. The number of halogens is 2. The van der Waals surface area contributed by atoms with Gasteiger partial charge in [0.2, 0.25) is 5.28 Å². The molecule has 15 heteroatoms. The lowest BCUT2D eigenvalue weighted by molar-refractivity contribution is -0.0612. The fourth-order valence-electron chi connectivity index (χ4n) is 3.40. The standard InChI is InChI=1S/C18H20Cl2N5O7P/c19-10-4-2-1-3-9(10)5-21-15-12-16(24-18(20)23-15)25(7-22-12)17-14(27)13(26)11(32-17)6-31-8-33(28,29)30/h1-4,7,11,13-14,17,26-27H,5-6,8H2,(H,21,23,24)(H2,28,29,30)/t11-,13-,14-,17-/m1/s1. The van der Waals surface area contributed by atoms with Gasteiger partial charge in [0.05, 0.1) is 12.9 Å². The van der Waals surface area contributed by atoms with Gasteiger partial charge in [0.25, 0.3) is 0 Å². The Bertz CT molecular complexity index is 1190. The van der Waals surface area contributed by atoms with Crippen LogP contribution in [0.3, 0.4) is 0 Å². The molecule has 4 rings (SSSR count). The second-order valence-electron chi connectivity index (χ2n) is 7.32. The van der Waals surface area contributed by atoms with Crippen LogP contribution in [-0.4, -0.2) is 70.8 Å². The highest BCUT2D eigenvalue weighted by atomic mass is 35.5. The Morgan fingerprint density at radius 1 is 1.18 bits per heavy atom. The zero-order valence-corrected chi connectivity index (χ0v) is 19.2. The number of nitrogens with zero attached hydrogens (tertiary/aromatic N) is 4. The Balaban J connectivity index is 1.55. The molecule has 2 aromatic heterocycles. The Morgan fingerprint density at radius 2 is 1.94 bits per heavy atom. The second kappa shape index (κ2) is 9.79. The Hall–Kier alpha value is -1.86. The maximum absolute atomic E-state index is 10.9. The van der Waals surface area contributed by atoms with Gasteiger partial charge in [-0.2, -0.15) is 9.97 Å². The number of hydrogen-bond acceptors (Lipinski definition) is 9. The van der Waals surface area contributed by atoms with Crippen molar-refractivity contribution in [3.05, 3.63) is 46.5 Å². The van der Waals surface area contributed by atoms with Crippen LogP contribution in [0.1, 0.15) is 11.8 Å². The average Bonchev–Trinajstić information content (AvgIpc) is 3.28. The van der Waals surface area contributed by atoms with Crippen molar-refractivity contribution in [2.24, 2.45) is 0 Å². The third-order valence-corrected chi connectivity index (χ3v) is 6.01. The van der Waals surface area contributed by atoms with E-state index in [9.17, 15) is 14.8 Å². The van der Waals surface area contributed by atoms with Crippen LogP contribution < -0.4 is 5.32 Å². The number of fused-ring (bicyclic) bond motifs is 1. The molecule has 1 saturated heterocycles. The topological polar surface area (TPSA) is 172 Å². The van der Waals surface area contributed by atoms with Crippen molar-refractivity contribution in [2.75, 3.05) is 18.3 Å². The van der Waals surface area contributed by atoms with Crippen LogP contribution in [-0.2, 0) is 20.6 Å². The zero-order valence-electron chi connectivity index (χ0n) is 16.8. The monoisotopic (exact) mass is 519 g/mol. The highest BCUT2D eigenvalue weighted by Crippen LogP contribution is 2.36. The number of aliphatic hydroxyl groups excluding tert-OH is 2. The van der Waals surface area contributed by atoms with E-state index in [2.05, 4.69) is 20.3 Å². The molecule has 12 nitrogen and oxygen atoms in total. The van der Waals surface area contributed by atoms with Crippen LogP contribution in [0, 0.1) is 0 Å². The molecule has 33 heavy (non-hydrogen) atoms. The van der Waals surface area contributed by atoms with E-state index in [4.69, 9.17) is 42.5 Å². The number of hydrogen-bond donors (Lipinski definition) is 5. The number of nitrogens with one attached hydrogen (secondary N) is 1. The molecular weight excluding hydrogens is 500 g/mol. The van der Waals surface area contributed by atoms with Gasteiger partial charge in [0.1, 0.15) is 24.7 Å². The van der Waals surface area contributed by atoms with E-state index in [1.54, 1.807) is 6.07 Å².